The molecule has 0 spiro atoms. The van der Waals surface area contributed by atoms with Crippen LogP contribution in [0.15, 0.2) is 12.3 Å². The summed E-state index contributed by atoms with van der Waals surface area (Å²) < 4.78 is 5.63. The van der Waals surface area contributed by atoms with E-state index in [1.165, 1.54) is 0 Å². The van der Waals surface area contributed by atoms with Gasteiger partial charge in [0.2, 0.25) is 0 Å². The zero-order valence-corrected chi connectivity index (χ0v) is 17.0. The van der Waals surface area contributed by atoms with Crippen LogP contribution < -0.4 is 0 Å². The summed E-state index contributed by atoms with van der Waals surface area (Å²) in [4.78, 5) is 14.8. The van der Waals surface area contributed by atoms with Crippen molar-refractivity contribution in [2.24, 2.45) is 16.2 Å². The molecule has 0 fully saturated rings. The third kappa shape index (κ3) is 6.56. The van der Waals surface area contributed by atoms with E-state index < -0.39 is 5.41 Å². The van der Waals surface area contributed by atoms with Gasteiger partial charge in [0.25, 0.3) is 0 Å². The minimum atomic E-state index is -0.471. The first-order valence-corrected chi connectivity index (χ1v) is 8.81. The SMILES string of the molecule is C=C(C)N(C)CCOC(=O)C(C)(CCC(C)(C)CC)C(C)(C)C. The largest absolute Gasteiger partial charge is 0.463 e. The predicted octanol–water partition coefficient (Wildman–Crippen LogP) is 5.26. The van der Waals surface area contributed by atoms with Gasteiger partial charge in [-0.2, -0.15) is 0 Å². The van der Waals surface area contributed by atoms with Crippen molar-refractivity contribution in [1.82, 2.24) is 4.90 Å². The quantitative estimate of drug-likeness (QED) is 0.541. The Bertz CT molecular complexity index is 406. The fourth-order valence-corrected chi connectivity index (χ4v) is 2.17. The van der Waals surface area contributed by atoms with E-state index in [4.69, 9.17) is 4.74 Å². The summed E-state index contributed by atoms with van der Waals surface area (Å²) in [6.07, 6.45) is 3.00. The second kappa shape index (κ2) is 8.21. The second-order valence-corrected chi connectivity index (χ2v) is 8.89. The lowest BCUT2D eigenvalue weighted by atomic mass is 9.63. The van der Waals surface area contributed by atoms with Crippen LogP contribution in [0, 0.1) is 16.2 Å². The third-order valence-corrected chi connectivity index (χ3v) is 5.68. The van der Waals surface area contributed by atoms with Crippen molar-refractivity contribution in [3.8, 4) is 0 Å². The zero-order chi connectivity index (χ0) is 18.5. The van der Waals surface area contributed by atoms with Crippen molar-refractivity contribution < 1.29 is 9.53 Å². The molecule has 0 bridgehead atoms. The number of esters is 1. The Morgan fingerprint density at radius 2 is 1.61 bits per heavy atom. The lowest BCUT2D eigenvalue weighted by molar-refractivity contribution is -0.163. The van der Waals surface area contributed by atoms with Crippen molar-refractivity contribution in [3.05, 3.63) is 12.3 Å². The van der Waals surface area contributed by atoms with E-state index in [2.05, 4.69) is 55.0 Å². The summed E-state index contributed by atoms with van der Waals surface area (Å²) in [6.45, 7) is 22.1. The molecule has 0 aliphatic carbocycles. The third-order valence-electron chi connectivity index (χ3n) is 5.68. The fraction of sp³-hybridized carbons (Fsp3) is 0.850. The van der Waals surface area contributed by atoms with Crippen molar-refractivity contribution in [1.29, 1.82) is 0 Å². The lowest BCUT2D eigenvalue weighted by Gasteiger charge is -2.41. The van der Waals surface area contributed by atoms with Gasteiger partial charge in [0.15, 0.2) is 0 Å². The Morgan fingerprint density at radius 1 is 1.09 bits per heavy atom. The molecule has 1 atom stereocenters. The van der Waals surface area contributed by atoms with E-state index in [-0.39, 0.29) is 16.8 Å². The summed E-state index contributed by atoms with van der Waals surface area (Å²) in [5.74, 6) is -0.0768. The van der Waals surface area contributed by atoms with Crippen LogP contribution in [0.2, 0.25) is 0 Å². The van der Waals surface area contributed by atoms with Crippen LogP contribution in [0.4, 0.5) is 0 Å². The van der Waals surface area contributed by atoms with E-state index in [0.29, 0.717) is 13.2 Å². The van der Waals surface area contributed by atoms with Crippen molar-refractivity contribution in [2.45, 2.75) is 74.7 Å². The summed E-state index contributed by atoms with van der Waals surface area (Å²) in [5.41, 5.74) is 0.631. The zero-order valence-electron chi connectivity index (χ0n) is 17.0. The average Bonchev–Trinajstić information content (AvgIpc) is 2.43. The molecule has 3 heteroatoms. The molecule has 0 N–H and O–H groups in total. The highest BCUT2D eigenvalue weighted by atomic mass is 16.5. The maximum Gasteiger partial charge on any atom is 0.312 e. The normalized spacial score (nSPS) is 15.0. The number of carbonyl (C=O) groups excluding carboxylic acids is 1. The van der Waals surface area contributed by atoms with Gasteiger partial charge in [0.05, 0.1) is 12.0 Å². The van der Waals surface area contributed by atoms with E-state index in [1.807, 2.05) is 18.9 Å². The molecule has 1 unspecified atom stereocenters. The first kappa shape index (κ1) is 22.0. The maximum atomic E-state index is 12.8. The van der Waals surface area contributed by atoms with Gasteiger partial charge in [0, 0.05) is 12.7 Å². The number of hydrogen-bond donors (Lipinski definition) is 0. The van der Waals surface area contributed by atoms with Crippen molar-refractivity contribution in [2.75, 3.05) is 20.2 Å². The van der Waals surface area contributed by atoms with E-state index in [1.54, 1.807) is 0 Å². The Morgan fingerprint density at radius 3 is 2.00 bits per heavy atom. The first-order chi connectivity index (χ1) is 10.3. The van der Waals surface area contributed by atoms with Crippen LogP contribution in [0.1, 0.15) is 74.7 Å². The van der Waals surface area contributed by atoms with Gasteiger partial charge in [-0.05, 0) is 37.5 Å². The minimum absolute atomic E-state index is 0.0768. The first-order valence-electron chi connectivity index (χ1n) is 8.81. The van der Waals surface area contributed by atoms with Crippen LogP contribution in [0.25, 0.3) is 0 Å². The number of allylic oxidation sites excluding steroid dienone is 1. The molecule has 136 valence electrons. The maximum absolute atomic E-state index is 12.8. The molecule has 0 amide bonds. The molecule has 0 aromatic carbocycles. The van der Waals surface area contributed by atoms with Gasteiger partial charge in [-0.1, -0.05) is 54.5 Å². The standard InChI is InChI=1S/C20H39NO2/c1-11-19(7,8)12-13-20(9,18(4,5)6)17(22)23-15-14-21(10)16(2)3/h2,11-15H2,1,3-10H3. The van der Waals surface area contributed by atoms with Crippen LogP contribution in [0.5, 0.6) is 0 Å². The van der Waals surface area contributed by atoms with Crippen LogP contribution in [0.3, 0.4) is 0 Å². The van der Waals surface area contributed by atoms with Crippen LogP contribution in [-0.4, -0.2) is 31.1 Å². The van der Waals surface area contributed by atoms with E-state index in [0.717, 1.165) is 25.0 Å². The molecule has 0 saturated heterocycles. The van der Waals surface area contributed by atoms with Crippen molar-refractivity contribution >= 4 is 5.97 Å². The Balaban J connectivity index is 4.89. The highest BCUT2D eigenvalue weighted by molar-refractivity contribution is 5.77. The molecule has 3 nitrogen and oxygen atoms in total. The van der Waals surface area contributed by atoms with Crippen LogP contribution in [-0.2, 0) is 9.53 Å². The number of ether oxygens (including phenoxy) is 1. The minimum Gasteiger partial charge on any atom is -0.463 e. The smallest absolute Gasteiger partial charge is 0.312 e. The summed E-state index contributed by atoms with van der Waals surface area (Å²) in [5, 5.41) is 0. The fourth-order valence-electron chi connectivity index (χ4n) is 2.17. The van der Waals surface area contributed by atoms with E-state index in [9.17, 15) is 4.79 Å². The number of carbonyl (C=O) groups is 1. The van der Waals surface area contributed by atoms with Gasteiger partial charge in [-0.3, -0.25) is 4.79 Å². The highest BCUT2D eigenvalue weighted by Gasteiger charge is 2.45. The van der Waals surface area contributed by atoms with Gasteiger partial charge >= 0.3 is 5.97 Å². The summed E-state index contributed by atoms with van der Waals surface area (Å²) >= 11 is 0. The molecule has 0 rings (SSSR count). The Labute approximate surface area is 144 Å². The van der Waals surface area contributed by atoms with Gasteiger partial charge in [0.1, 0.15) is 6.61 Å². The van der Waals surface area contributed by atoms with Gasteiger partial charge in [-0.25, -0.2) is 0 Å². The number of likely N-dealkylation sites (N-methyl/N-ethyl adjacent to an activating group) is 1. The van der Waals surface area contributed by atoms with Crippen molar-refractivity contribution in [3.63, 3.8) is 0 Å². The number of rotatable bonds is 9. The molecule has 0 heterocycles. The van der Waals surface area contributed by atoms with Gasteiger partial charge < -0.3 is 9.64 Å². The van der Waals surface area contributed by atoms with E-state index >= 15 is 0 Å². The molecule has 0 radical (unpaired) electrons. The summed E-state index contributed by atoms with van der Waals surface area (Å²) in [6, 6.07) is 0. The predicted molar refractivity (Wildman–Crippen MR) is 99.3 cm³/mol. The Hall–Kier alpha value is -0.990. The highest BCUT2D eigenvalue weighted by Crippen LogP contribution is 2.45. The molecular weight excluding hydrogens is 286 g/mol. The molecule has 23 heavy (non-hydrogen) atoms. The molecule has 0 saturated carbocycles. The molecule has 0 aliphatic rings. The lowest BCUT2D eigenvalue weighted by Crippen LogP contribution is -2.43. The Kier molecular flexibility index (Phi) is 7.86. The topological polar surface area (TPSA) is 29.5 Å². The number of hydrogen-bond acceptors (Lipinski definition) is 3. The molecular formula is C20H39NO2. The van der Waals surface area contributed by atoms with Crippen LogP contribution >= 0.6 is 0 Å². The monoisotopic (exact) mass is 325 g/mol. The van der Waals surface area contributed by atoms with Gasteiger partial charge in [-0.15, -0.1) is 0 Å². The molecule has 0 aromatic rings. The number of nitrogens with zero attached hydrogens (tertiary/aromatic N) is 1. The summed E-state index contributed by atoms with van der Waals surface area (Å²) in [7, 11) is 1.96. The second-order valence-electron chi connectivity index (χ2n) is 8.89. The molecule has 0 aromatic heterocycles. The molecule has 0 aliphatic heterocycles. The average molecular weight is 326 g/mol.